The van der Waals surface area contributed by atoms with Gasteiger partial charge in [-0.3, -0.25) is 0 Å². The molecule has 16 heavy (non-hydrogen) atoms. The fraction of sp³-hybridized carbons (Fsp3) is 0.400. The summed E-state index contributed by atoms with van der Waals surface area (Å²) in [6, 6.07) is 1.76. The molecule has 0 atom stereocenters. The van der Waals surface area contributed by atoms with Crippen LogP contribution in [0.2, 0.25) is 0 Å². The van der Waals surface area contributed by atoms with E-state index in [1.165, 1.54) is 0 Å². The van der Waals surface area contributed by atoms with Crippen molar-refractivity contribution in [2.75, 3.05) is 0 Å². The highest BCUT2D eigenvalue weighted by molar-refractivity contribution is 9.10. The van der Waals surface area contributed by atoms with E-state index in [-0.39, 0.29) is 10.0 Å². The normalized spacial score (nSPS) is 18.6. The van der Waals surface area contributed by atoms with Crippen molar-refractivity contribution in [2.24, 2.45) is 0 Å². The van der Waals surface area contributed by atoms with Crippen molar-refractivity contribution in [2.45, 2.75) is 24.6 Å². The average Bonchev–Trinajstić information content (AvgIpc) is 2.87. The minimum Gasteiger partial charge on any atom is -0.507 e. The summed E-state index contributed by atoms with van der Waals surface area (Å²) >= 11 is 2.94. The Morgan fingerprint density at radius 2 is 1.81 bits per heavy atom. The molecule has 1 fully saturated rings. The van der Waals surface area contributed by atoms with Crippen molar-refractivity contribution in [1.82, 2.24) is 0 Å². The molecule has 1 aliphatic rings. The molecule has 2 rings (SSSR count). The minimum atomic E-state index is -4.58. The first-order valence-corrected chi connectivity index (χ1v) is 5.36. The van der Waals surface area contributed by atoms with Crippen molar-refractivity contribution >= 4 is 15.9 Å². The molecule has 1 aliphatic carbocycles. The van der Waals surface area contributed by atoms with Gasteiger partial charge >= 0.3 is 6.18 Å². The van der Waals surface area contributed by atoms with Crippen LogP contribution in [0.5, 0.6) is 5.75 Å². The smallest absolute Gasteiger partial charge is 0.416 e. The summed E-state index contributed by atoms with van der Waals surface area (Å²) in [6.45, 7) is 0. The van der Waals surface area contributed by atoms with Gasteiger partial charge in [0.2, 0.25) is 0 Å². The molecule has 2 nitrogen and oxygen atoms in total. The molecule has 0 aliphatic heterocycles. The summed E-state index contributed by atoms with van der Waals surface area (Å²) in [4.78, 5) is 0. The van der Waals surface area contributed by atoms with Crippen LogP contribution in [-0.2, 0) is 11.8 Å². The van der Waals surface area contributed by atoms with E-state index in [4.69, 9.17) is 0 Å². The lowest BCUT2D eigenvalue weighted by molar-refractivity contribution is -0.139. The number of aromatic hydroxyl groups is 1. The molecule has 2 N–H and O–H groups in total. The summed E-state index contributed by atoms with van der Waals surface area (Å²) in [5, 5.41) is 19.0. The van der Waals surface area contributed by atoms with E-state index < -0.39 is 23.1 Å². The number of alkyl halides is 3. The molecule has 6 heteroatoms. The van der Waals surface area contributed by atoms with Gasteiger partial charge in [-0.1, -0.05) is 0 Å². The maximum atomic E-state index is 12.7. The van der Waals surface area contributed by atoms with E-state index in [9.17, 15) is 23.4 Å². The number of aliphatic hydroxyl groups is 1. The molecule has 0 amide bonds. The van der Waals surface area contributed by atoms with Gasteiger partial charge in [-0.15, -0.1) is 0 Å². The van der Waals surface area contributed by atoms with E-state index in [0.717, 1.165) is 6.07 Å². The van der Waals surface area contributed by atoms with Gasteiger partial charge < -0.3 is 10.2 Å². The van der Waals surface area contributed by atoms with Gasteiger partial charge in [-0.2, -0.15) is 13.2 Å². The maximum Gasteiger partial charge on any atom is 0.416 e. The molecule has 0 heterocycles. The Morgan fingerprint density at radius 1 is 1.25 bits per heavy atom. The van der Waals surface area contributed by atoms with Crippen LogP contribution in [0.25, 0.3) is 0 Å². The van der Waals surface area contributed by atoms with Crippen molar-refractivity contribution in [1.29, 1.82) is 0 Å². The monoisotopic (exact) mass is 296 g/mol. The molecule has 1 aromatic carbocycles. The molecule has 88 valence electrons. The fourth-order valence-electron chi connectivity index (χ4n) is 1.57. The lowest BCUT2D eigenvalue weighted by Gasteiger charge is -2.17. The molecule has 1 aromatic rings. The third-order valence-corrected chi connectivity index (χ3v) is 3.25. The van der Waals surface area contributed by atoms with Crippen molar-refractivity contribution < 1.29 is 23.4 Å². The van der Waals surface area contributed by atoms with Crippen LogP contribution in [0.4, 0.5) is 13.2 Å². The summed E-state index contributed by atoms with van der Waals surface area (Å²) in [6.07, 6.45) is -3.95. The van der Waals surface area contributed by atoms with Crippen molar-refractivity contribution in [3.8, 4) is 5.75 Å². The Balaban J connectivity index is 2.62. The minimum absolute atomic E-state index is 0.149. The molecular formula is C10H8BrF3O2. The first-order chi connectivity index (χ1) is 7.24. The van der Waals surface area contributed by atoms with E-state index >= 15 is 0 Å². The van der Waals surface area contributed by atoms with Gasteiger partial charge in [-0.25, -0.2) is 0 Å². The first-order valence-electron chi connectivity index (χ1n) is 4.56. The number of phenolic OH excluding ortho intramolecular Hbond substituents is 1. The summed E-state index contributed by atoms with van der Waals surface area (Å²) in [7, 11) is 0. The third-order valence-electron chi connectivity index (χ3n) is 2.62. The average molecular weight is 297 g/mol. The number of rotatable bonds is 1. The zero-order valence-corrected chi connectivity index (χ0v) is 9.56. The fourth-order valence-corrected chi connectivity index (χ4v) is 1.91. The maximum absolute atomic E-state index is 12.7. The van der Waals surface area contributed by atoms with Crippen LogP contribution in [-0.4, -0.2) is 10.2 Å². The summed E-state index contributed by atoms with van der Waals surface area (Å²) < 4.78 is 38.2. The number of halogens is 4. The molecule has 0 saturated heterocycles. The van der Waals surface area contributed by atoms with Crippen LogP contribution < -0.4 is 0 Å². The molecule has 0 radical (unpaired) electrons. The van der Waals surface area contributed by atoms with Crippen LogP contribution in [0.1, 0.15) is 24.0 Å². The number of hydrogen-bond donors (Lipinski definition) is 2. The van der Waals surface area contributed by atoms with Crippen LogP contribution in [0, 0.1) is 0 Å². The topological polar surface area (TPSA) is 40.5 Å². The highest BCUT2D eigenvalue weighted by Crippen LogP contribution is 2.51. The number of benzene rings is 1. The summed E-state index contributed by atoms with van der Waals surface area (Å²) in [5.74, 6) is -0.486. The van der Waals surface area contributed by atoms with Crippen LogP contribution in [0.15, 0.2) is 16.6 Å². The molecule has 0 bridgehead atoms. The molecule has 0 aromatic heterocycles. The largest absolute Gasteiger partial charge is 0.507 e. The lowest BCUT2D eigenvalue weighted by Crippen LogP contribution is -2.15. The van der Waals surface area contributed by atoms with Gasteiger partial charge in [0.15, 0.2) is 0 Å². The van der Waals surface area contributed by atoms with E-state index in [0.29, 0.717) is 18.9 Å². The second-order valence-corrected chi connectivity index (χ2v) is 4.73. The Morgan fingerprint density at radius 3 is 2.25 bits per heavy atom. The zero-order chi connectivity index (χ0) is 12.1. The highest BCUT2D eigenvalue weighted by Gasteiger charge is 2.48. The number of hydrogen-bond acceptors (Lipinski definition) is 2. The SMILES string of the molecule is Oc1cc(C(F)(F)F)c(C2(O)CC2)cc1Br. The van der Waals surface area contributed by atoms with Gasteiger partial charge in [0, 0.05) is 0 Å². The van der Waals surface area contributed by atoms with Gasteiger partial charge in [0.25, 0.3) is 0 Å². The van der Waals surface area contributed by atoms with Gasteiger partial charge in [0.1, 0.15) is 5.75 Å². The van der Waals surface area contributed by atoms with Crippen molar-refractivity contribution in [3.63, 3.8) is 0 Å². The zero-order valence-electron chi connectivity index (χ0n) is 7.98. The van der Waals surface area contributed by atoms with E-state index in [1.54, 1.807) is 0 Å². The van der Waals surface area contributed by atoms with Gasteiger partial charge in [-0.05, 0) is 46.5 Å². The van der Waals surface area contributed by atoms with Crippen LogP contribution >= 0.6 is 15.9 Å². The predicted octanol–water partition coefficient (Wildman–Crippen LogP) is 3.15. The molecular weight excluding hydrogens is 289 g/mol. The molecule has 0 unspecified atom stereocenters. The Bertz CT molecular complexity index is 408. The van der Waals surface area contributed by atoms with E-state index in [1.807, 2.05) is 0 Å². The van der Waals surface area contributed by atoms with Crippen LogP contribution in [0.3, 0.4) is 0 Å². The first kappa shape index (κ1) is 11.7. The van der Waals surface area contributed by atoms with E-state index in [2.05, 4.69) is 15.9 Å². The second-order valence-electron chi connectivity index (χ2n) is 3.88. The number of phenols is 1. The lowest BCUT2D eigenvalue weighted by atomic mass is 10.00. The Kier molecular flexibility index (Phi) is 2.47. The van der Waals surface area contributed by atoms with Crippen molar-refractivity contribution in [3.05, 3.63) is 27.7 Å². The molecule has 0 spiro atoms. The summed E-state index contributed by atoms with van der Waals surface area (Å²) in [5.41, 5.74) is -2.54. The Hall–Kier alpha value is -0.750. The second kappa shape index (κ2) is 3.37. The standard InChI is InChI=1S/C10H8BrF3O2/c11-7-3-5(9(16)1-2-9)6(4-8(7)15)10(12,13)14/h3-4,15-16H,1-2H2. The third kappa shape index (κ3) is 1.91. The molecule has 1 saturated carbocycles. The van der Waals surface area contributed by atoms with Gasteiger partial charge in [0.05, 0.1) is 15.6 Å². The highest BCUT2D eigenvalue weighted by atomic mass is 79.9. The Labute approximate surface area is 97.8 Å². The predicted molar refractivity (Wildman–Crippen MR) is 53.9 cm³/mol. The quantitative estimate of drug-likeness (QED) is 0.836.